The average molecular weight is 268 g/mol. The number of hydrogen-bond donors (Lipinski definition) is 0. The van der Waals surface area contributed by atoms with Crippen LogP contribution in [0.1, 0.15) is 34.6 Å². The number of hydrogen-bond acceptors (Lipinski definition) is 5. The van der Waals surface area contributed by atoms with E-state index in [1.54, 1.807) is 0 Å². The van der Waals surface area contributed by atoms with Crippen molar-refractivity contribution in [1.29, 1.82) is 0 Å². The van der Waals surface area contributed by atoms with E-state index < -0.39 is 7.74 Å². The van der Waals surface area contributed by atoms with Gasteiger partial charge in [0.05, 0.1) is 0 Å². The van der Waals surface area contributed by atoms with Crippen molar-refractivity contribution in [1.82, 2.24) is 0 Å². The van der Waals surface area contributed by atoms with Crippen LogP contribution in [0.5, 0.6) is 0 Å². The molecule has 104 valence electrons. The standard InChI is InChI=1S/C11H25O5P/c1-6-12-17(13-7-2,14-8-3)15-9-11(4,5)10-16-17/h6-10H2,1-5H3. The normalized spacial score (nSPS) is 28.2. The molecule has 0 amide bonds. The van der Waals surface area contributed by atoms with Gasteiger partial charge in [0.1, 0.15) is 0 Å². The molecule has 17 heavy (non-hydrogen) atoms. The maximum absolute atomic E-state index is 5.83. The van der Waals surface area contributed by atoms with Crippen LogP contribution in [0.2, 0.25) is 0 Å². The molecule has 0 saturated carbocycles. The SMILES string of the molecule is CCOP1(OCC)(OCC)OCC(C)(C)CO1. The van der Waals surface area contributed by atoms with Crippen molar-refractivity contribution >= 4 is 7.74 Å². The minimum atomic E-state index is -3.80. The molecule has 0 unspecified atom stereocenters. The van der Waals surface area contributed by atoms with Crippen LogP contribution in [-0.2, 0) is 22.6 Å². The second-order valence-corrected chi connectivity index (χ2v) is 7.49. The summed E-state index contributed by atoms with van der Waals surface area (Å²) in [6.07, 6.45) is 0. The van der Waals surface area contributed by atoms with Crippen LogP contribution in [0.4, 0.5) is 0 Å². The molecule has 5 nitrogen and oxygen atoms in total. The molecular weight excluding hydrogens is 243 g/mol. The van der Waals surface area contributed by atoms with E-state index in [0.717, 1.165) is 0 Å². The van der Waals surface area contributed by atoms with Gasteiger partial charge in [0.15, 0.2) is 0 Å². The first-order valence-corrected chi connectivity index (χ1v) is 8.01. The quantitative estimate of drug-likeness (QED) is 0.692. The van der Waals surface area contributed by atoms with Gasteiger partial charge < -0.3 is 0 Å². The van der Waals surface area contributed by atoms with Gasteiger partial charge in [-0.2, -0.15) is 0 Å². The zero-order valence-electron chi connectivity index (χ0n) is 11.5. The summed E-state index contributed by atoms with van der Waals surface area (Å²) in [5.41, 5.74) is -0.0489. The fourth-order valence-electron chi connectivity index (χ4n) is 1.61. The predicted molar refractivity (Wildman–Crippen MR) is 67.5 cm³/mol. The second kappa shape index (κ2) is 5.47. The topological polar surface area (TPSA) is 46.2 Å². The molecule has 0 aromatic carbocycles. The Morgan fingerprint density at radius 3 is 1.53 bits per heavy atom. The van der Waals surface area contributed by atoms with Gasteiger partial charge in [-0.1, -0.05) is 0 Å². The van der Waals surface area contributed by atoms with Gasteiger partial charge in [0.25, 0.3) is 0 Å². The van der Waals surface area contributed by atoms with Gasteiger partial charge in [-0.05, 0) is 0 Å². The van der Waals surface area contributed by atoms with Gasteiger partial charge in [-0.25, -0.2) is 0 Å². The monoisotopic (exact) mass is 268 g/mol. The van der Waals surface area contributed by atoms with E-state index in [2.05, 4.69) is 13.8 Å². The van der Waals surface area contributed by atoms with Crippen molar-refractivity contribution in [3.63, 3.8) is 0 Å². The second-order valence-electron chi connectivity index (χ2n) is 4.71. The van der Waals surface area contributed by atoms with Crippen LogP contribution in [0.25, 0.3) is 0 Å². The Kier molecular flexibility index (Phi) is 4.92. The van der Waals surface area contributed by atoms with Crippen molar-refractivity contribution in [2.45, 2.75) is 34.6 Å². The van der Waals surface area contributed by atoms with E-state index in [0.29, 0.717) is 33.0 Å². The Labute approximate surface area is 104 Å². The van der Waals surface area contributed by atoms with E-state index in [4.69, 9.17) is 22.6 Å². The molecule has 0 aliphatic carbocycles. The Morgan fingerprint density at radius 1 is 0.882 bits per heavy atom. The molecule has 1 saturated heterocycles. The predicted octanol–water partition coefficient (Wildman–Crippen LogP) is 3.30. The van der Waals surface area contributed by atoms with E-state index in [1.165, 1.54) is 0 Å². The van der Waals surface area contributed by atoms with Crippen LogP contribution < -0.4 is 0 Å². The molecule has 0 spiro atoms. The van der Waals surface area contributed by atoms with Crippen molar-refractivity contribution in [3.8, 4) is 0 Å². The summed E-state index contributed by atoms with van der Waals surface area (Å²) in [6, 6.07) is 0. The van der Waals surface area contributed by atoms with Crippen LogP contribution in [0, 0.1) is 5.41 Å². The van der Waals surface area contributed by atoms with Crippen LogP contribution in [0.15, 0.2) is 0 Å². The van der Waals surface area contributed by atoms with E-state index in [9.17, 15) is 0 Å². The zero-order chi connectivity index (χ0) is 13.0. The van der Waals surface area contributed by atoms with Gasteiger partial charge >= 0.3 is 103 Å². The Morgan fingerprint density at radius 2 is 1.24 bits per heavy atom. The first-order valence-electron chi connectivity index (χ1n) is 6.18. The molecule has 0 N–H and O–H groups in total. The van der Waals surface area contributed by atoms with Crippen LogP contribution in [0.3, 0.4) is 0 Å². The van der Waals surface area contributed by atoms with E-state index >= 15 is 0 Å². The summed E-state index contributed by atoms with van der Waals surface area (Å²) in [7, 11) is -3.80. The molecule has 0 radical (unpaired) electrons. The van der Waals surface area contributed by atoms with Crippen molar-refractivity contribution in [3.05, 3.63) is 0 Å². The van der Waals surface area contributed by atoms with E-state index in [1.807, 2.05) is 20.8 Å². The first kappa shape index (κ1) is 15.3. The van der Waals surface area contributed by atoms with Gasteiger partial charge in [-0.3, -0.25) is 0 Å². The maximum atomic E-state index is 5.83. The van der Waals surface area contributed by atoms with Crippen molar-refractivity contribution in [2.75, 3.05) is 33.0 Å². The molecule has 0 bridgehead atoms. The summed E-state index contributed by atoms with van der Waals surface area (Å²) < 4.78 is 28.7. The fraction of sp³-hybridized carbons (Fsp3) is 1.00. The summed E-state index contributed by atoms with van der Waals surface area (Å²) in [5, 5.41) is 0. The molecular formula is C11H25O5P. The van der Waals surface area contributed by atoms with Crippen LogP contribution >= 0.6 is 7.74 Å². The third-order valence-electron chi connectivity index (χ3n) is 2.35. The Balaban J connectivity index is 2.92. The molecule has 1 fully saturated rings. The van der Waals surface area contributed by atoms with Gasteiger partial charge in [0.2, 0.25) is 0 Å². The van der Waals surface area contributed by atoms with Gasteiger partial charge in [0, 0.05) is 0 Å². The molecule has 0 atom stereocenters. The summed E-state index contributed by atoms with van der Waals surface area (Å²) in [6.45, 7) is 12.1. The fourth-order valence-corrected chi connectivity index (χ4v) is 4.74. The molecule has 1 aliphatic rings. The third kappa shape index (κ3) is 3.37. The van der Waals surface area contributed by atoms with Crippen molar-refractivity contribution in [2.24, 2.45) is 5.41 Å². The molecule has 1 rings (SSSR count). The summed E-state index contributed by atoms with van der Waals surface area (Å²) in [4.78, 5) is 0. The molecule has 6 heteroatoms. The summed E-state index contributed by atoms with van der Waals surface area (Å²) in [5.74, 6) is 0. The minimum absolute atomic E-state index is 0.0489. The average Bonchev–Trinajstić information content (AvgIpc) is 2.25. The summed E-state index contributed by atoms with van der Waals surface area (Å²) >= 11 is 0. The zero-order valence-corrected chi connectivity index (χ0v) is 12.4. The van der Waals surface area contributed by atoms with Crippen molar-refractivity contribution < 1.29 is 22.6 Å². The molecule has 0 aromatic heterocycles. The third-order valence-corrected chi connectivity index (χ3v) is 5.49. The number of rotatable bonds is 6. The van der Waals surface area contributed by atoms with E-state index in [-0.39, 0.29) is 5.41 Å². The first-order chi connectivity index (χ1) is 7.91. The molecule has 1 heterocycles. The Bertz CT molecular complexity index is 222. The molecule has 1 aliphatic heterocycles. The van der Waals surface area contributed by atoms with Gasteiger partial charge in [-0.15, -0.1) is 0 Å². The Hall–Kier alpha value is 0.230. The molecule has 0 aromatic rings. The van der Waals surface area contributed by atoms with Crippen LogP contribution in [-0.4, -0.2) is 33.0 Å².